The molecule has 0 radical (unpaired) electrons. The number of hydrogen-bond donors (Lipinski definition) is 0. The number of allylic oxidation sites excluding steroid dienone is 2. The summed E-state index contributed by atoms with van der Waals surface area (Å²) in [6.07, 6.45) is 2.35. The lowest BCUT2D eigenvalue weighted by molar-refractivity contribution is 0.409. The topological polar surface area (TPSA) is 39.4 Å². The van der Waals surface area contributed by atoms with E-state index >= 15 is 0 Å². The third-order valence-electron chi connectivity index (χ3n) is 2.67. The highest BCUT2D eigenvalue weighted by atomic mass is 16.5. The van der Waals surface area contributed by atoms with E-state index < -0.39 is 12.7 Å². The third kappa shape index (κ3) is 2.45. The summed E-state index contributed by atoms with van der Waals surface area (Å²) in [6, 6.07) is 6.23. The van der Waals surface area contributed by atoms with Gasteiger partial charge in [-0.2, -0.15) is 0 Å². The van der Waals surface area contributed by atoms with Gasteiger partial charge in [0.25, 0.3) is 0 Å². The maximum Gasteiger partial charge on any atom is 0.336 e. The Balaban J connectivity index is 2.64. The van der Waals surface area contributed by atoms with Crippen molar-refractivity contribution in [2.75, 3.05) is 7.04 Å². The Kier molecular flexibility index (Phi) is 2.54. The van der Waals surface area contributed by atoms with Crippen LogP contribution >= 0.6 is 0 Å². The molecule has 0 aliphatic heterocycles. The number of fused-ring (bicyclic) bond motifs is 1. The molecule has 3 heteroatoms. The molecule has 0 N–H and O–H groups in total. The van der Waals surface area contributed by atoms with Gasteiger partial charge in [-0.05, 0) is 38.5 Å². The number of methoxy groups -OCH3 is 1. The molecule has 2 aromatic rings. The van der Waals surface area contributed by atoms with E-state index in [9.17, 15) is 4.79 Å². The second-order valence-electron chi connectivity index (χ2n) is 4.30. The van der Waals surface area contributed by atoms with Gasteiger partial charge in [-0.1, -0.05) is 11.6 Å². The van der Waals surface area contributed by atoms with Crippen molar-refractivity contribution < 1.29 is 13.3 Å². The molecule has 0 fully saturated rings. The van der Waals surface area contributed by atoms with Gasteiger partial charge in [-0.15, -0.1) is 0 Å². The summed E-state index contributed by atoms with van der Waals surface area (Å²) in [5.74, 6) is 0.203. The molecular weight excluding hydrogens is 228 g/mol. The zero-order valence-corrected chi connectivity index (χ0v) is 10.3. The molecule has 0 unspecified atom stereocenters. The minimum Gasteiger partial charge on any atom is -0.496 e. The maximum atomic E-state index is 11.4. The number of hydrogen-bond acceptors (Lipinski definition) is 3. The summed E-state index contributed by atoms with van der Waals surface area (Å²) in [4.78, 5) is 11.4. The number of rotatable bonds is 3. The van der Waals surface area contributed by atoms with Crippen LogP contribution in [0.5, 0.6) is 5.75 Å². The average molecular weight is 247 g/mol. The molecule has 94 valence electrons. The molecule has 0 saturated carbocycles. The van der Waals surface area contributed by atoms with Gasteiger partial charge in [-0.3, -0.25) is 0 Å². The minimum atomic E-state index is -2.55. The van der Waals surface area contributed by atoms with Crippen molar-refractivity contribution in [1.29, 1.82) is 0 Å². The van der Waals surface area contributed by atoms with Crippen LogP contribution in [0.15, 0.2) is 45.1 Å². The molecule has 0 spiro atoms. The monoisotopic (exact) mass is 247 g/mol. The second kappa shape index (κ2) is 5.08. The third-order valence-corrected chi connectivity index (χ3v) is 2.67. The Morgan fingerprint density at radius 3 is 2.89 bits per heavy atom. The normalized spacial score (nSPS) is 13.6. The van der Waals surface area contributed by atoms with E-state index in [0.29, 0.717) is 17.6 Å². The molecule has 0 aliphatic rings. The smallest absolute Gasteiger partial charge is 0.336 e. The molecule has 18 heavy (non-hydrogen) atoms. The van der Waals surface area contributed by atoms with E-state index in [4.69, 9.17) is 13.3 Å². The molecule has 0 saturated heterocycles. The molecule has 2 rings (SSSR count). The summed E-state index contributed by atoms with van der Waals surface area (Å²) in [5.41, 5.74) is 1.52. The summed E-state index contributed by atoms with van der Waals surface area (Å²) >= 11 is 0. The van der Waals surface area contributed by atoms with Crippen LogP contribution < -0.4 is 10.4 Å². The summed E-state index contributed by atoms with van der Waals surface area (Å²) < 4.78 is 32.0. The van der Waals surface area contributed by atoms with Crippen molar-refractivity contribution in [3.05, 3.63) is 51.9 Å². The SMILES string of the molecule is [2H]C([2H])([2H])Oc1ccc2ccc(=O)oc2c1CC=C(C)C. The van der Waals surface area contributed by atoms with Gasteiger partial charge in [0.2, 0.25) is 0 Å². The van der Waals surface area contributed by atoms with E-state index in [2.05, 4.69) is 0 Å². The fraction of sp³-hybridized carbons (Fsp3) is 0.267. The van der Waals surface area contributed by atoms with Gasteiger partial charge in [0.05, 0.1) is 11.2 Å². The first-order chi connectivity index (χ1) is 9.76. The van der Waals surface area contributed by atoms with Crippen LogP contribution in [0.1, 0.15) is 23.5 Å². The lowest BCUT2D eigenvalue weighted by atomic mass is 10.1. The van der Waals surface area contributed by atoms with E-state index in [-0.39, 0.29) is 5.75 Å². The van der Waals surface area contributed by atoms with Crippen molar-refractivity contribution in [2.45, 2.75) is 20.3 Å². The van der Waals surface area contributed by atoms with Gasteiger partial charge >= 0.3 is 5.63 Å². The maximum absolute atomic E-state index is 11.4. The van der Waals surface area contributed by atoms with Crippen LogP contribution in [0.2, 0.25) is 0 Å². The zero-order valence-electron chi connectivity index (χ0n) is 13.3. The van der Waals surface area contributed by atoms with Crippen LogP contribution in [-0.4, -0.2) is 7.04 Å². The largest absolute Gasteiger partial charge is 0.496 e. The van der Waals surface area contributed by atoms with Crippen LogP contribution in [-0.2, 0) is 6.42 Å². The molecule has 0 atom stereocenters. The number of benzene rings is 1. The first kappa shape index (κ1) is 8.97. The van der Waals surface area contributed by atoms with E-state index in [1.165, 1.54) is 6.07 Å². The predicted molar refractivity (Wildman–Crippen MR) is 72.2 cm³/mol. The molecule has 1 aromatic carbocycles. The standard InChI is InChI=1S/C15H16O3/c1-10(2)4-7-12-13(17-3)8-5-11-6-9-14(16)18-15(11)12/h4-6,8-9H,7H2,1-3H3/i3D3. The van der Waals surface area contributed by atoms with Crippen molar-refractivity contribution in [2.24, 2.45) is 0 Å². The summed E-state index contributed by atoms with van der Waals surface area (Å²) in [7, 11) is -2.55. The average Bonchev–Trinajstić information content (AvgIpc) is 2.35. The van der Waals surface area contributed by atoms with Crippen LogP contribution in [0, 0.1) is 0 Å². The van der Waals surface area contributed by atoms with Crippen molar-refractivity contribution in [3.63, 3.8) is 0 Å². The highest BCUT2D eigenvalue weighted by Gasteiger charge is 2.09. The molecule has 0 bridgehead atoms. The summed E-state index contributed by atoms with van der Waals surface area (Å²) in [5, 5.41) is 0.727. The van der Waals surface area contributed by atoms with E-state index in [1.807, 2.05) is 19.9 Å². The lowest BCUT2D eigenvalue weighted by Crippen LogP contribution is -1.99. The van der Waals surface area contributed by atoms with E-state index in [0.717, 1.165) is 11.0 Å². The fourth-order valence-electron chi connectivity index (χ4n) is 1.77. The molecule has 0 amide bonds. The zero-order chi connectivity index (χ0) is 15.6. The highest BCUT2D eigenvalue weighted by Crippen LogP contribution is 2.28. The van der Waals surface area contributed by atoms with Gasteiger partial charge in [0, 0.05) is 17.0 Å². The minimum absolute atomic E-state index is 0.203. The van der Waals surface area contributed by atoms with E-state index in [1.54, 1.807) is 18.2 Å². The van der Waals surface area contributed by atoms with Crippen LogP contribution in [0.25, 0.3) is 11.0 Å². The predicted octanol–water partition coefficient (Wildman–Crippen LogP) is 3.31. The Hall–Kier alpha value is -2.03. The summed E-state index contributed by atoms with van der Waals surface area (Å²) in [6.45, 7) is 3.87. The molecule has 1 aromatic heterocycles. The molecule has 0 aliphatic carbocycles. The van der Waals surface area contributed by atoms with Crippen molar-refractivity contribution >= 4 is 11.0 Å². The fourth-order valence-corrected chi connectivity index (χ4v) is 1.77. The molecule has 3 nitrogen and oxygen atoms in total. The first-order valence-electron chi connectivity index (χ1n) is 7.14. The van der Waals surface area contributed by atoms with Crippen LogP contribution in [0.3, 0.4) is 0 Å². The van der Waals surface area contributed by atoms with Crippen molar-refractivity contribution in [1.82, 2.24) is 0 Å². The first-order valence-corrected chi connectivity index (χ1v) is 5.64. The highest BCUT2D eigenvalue weighted by molar-refractivity contribution is 5.82. The Morgan fingerprint density at radius 1 is 1.39 bits per heavy atom. The Morgan fingerprint density at radius 2 is 2.17 bits per heavy atom. The van der Waals surface area contributed by atoms with Gasteiger partial charge in [0.15, 0.2) is 0 Å². The number of ether oxygens (including phenoxy) is 1. The second-order valence-corrected chi connectivity index (χ2v) is 4.30. The van der Waals surface area contributed by atoms with Gasteiger partial charge in [-0.25, -0.2) is 4.79 Å². The van der Waals surface area contributed by atoms with Crippen LogP contribution in [0.4, 0.5) is 0 Å². The van der Waals surface area contributed by atoms with Gasteiger partial charge < -0.3 is 9.15 Å². The lowest BCUT2D eigenvalue weighted by Gasteiger charge is -2.09. The molecule has 1 heterocycles. The molecular formula is C15H16O3. The Bertz CT molecular complexity index is 738. The van der Waals surface area contributed by atoms with Crippen molar-refractivity contribution in [3.8, 4) is 5.75 Å². The van der Waals surface area contributed by atoms with Gasteiger partial charge in [0.1, 0.15) is 11.3 Å². The quantitative estimate of drug-likeness (QED) is 0.617. The Labute approximate surface area is 110 Å².